The molecule has 6 atom stereocenters. The molecule has 40 heavy (non-hydrogen) atoms. The van der Waals surface area contributed by atoms with Crippen LogP contribution in [0.3, 0.4) is 0 Å². The predicted octanol–water partition coefficient (Wildman–Crippen LogP) is 8.01. The largest absolute Gasteiger partial charge is 0.302 e. The van der Waals surface area contributed by atoms with E-state index < -0.39 is 0 Å². The van der Waals surface area contributed by atoms with Gasteiger partial charge in [-0.2, -0.15) is 10.2 Å². The Morgan fingerprint density at radius 1 is 0.450 bits per heavy atom. The minimum atomic E-state index is 0.179. The number of hydrogen-bond acceptors (Lipinski definition) is 4. The Morgan fingerprint density at radius 2 is 0.750 bits per heavy atom. The van der Waals surface area contributed by atoms with Crippen LogP contribution in [0.25, 0.3) is 0 Å². The quantitative estimate of drug-likeness (QED) is 0.259. The number of nitrogens with one attached hydrogen (secondary N) is 2. The molecule has 0 saturated carbocycles. The molecular formula is C36H38N4. The van der Waals surface area contributed by atoms with E-state index >= 15 is 0 Å². The van der Waals surface area contributed by atoms with Gasteiger partial charge in [0, 0.05) is 60.3 Å². The Morgan fingerprint density at radius 3 is 1.07 bits per heavy atom. The van der Waals surface area contributed by atoms with Crippen LogP contribution in [0, 0.1) is 11.8 Å². The summed E-state index contributed by atoms with van der Waals surface area (Å²) in [4.78, 5) is 0. The maximum atomic E-state index is 5.08. The molecule has 4 nitrogen and oxygen atoms in total. The molecule has 6 unspecified atom stereocenters. The third-order valence-corrected chi connectivity index (χ3v) is 8.67. The fraction of sp³-hybridized carbons (Fsp3) is 0.278. The van der Waals surface area contributed by atoms with Crippen LogP contribution in [0.1, 0.15) is 73.1 Å². The number of benzene rings is 4. The summed E-state index contributed by atoms with van der Waals surface area (Å²) >= 11 is 0. The summed E-state index contributed by atoms with van der Waals surface area (Å²) < 4.78 is 0. The van der Waals surface area contributed by atoms with Crippen LogP contribution in [-0.4, -0.2) is 11.4 Å². The van der Waals surface area contributed by atoms with Crippen molar-refractivity contribution in [2.75, 3.05) is 0 Å². The van der Waals surface area contributed by atoms with Crippen LogP contribution in [0.15, 0.2) is 132 Å². The number of piperidine rings is 2. The lowest BCUT2D eigenvalue weighted by molar-refractivity contribution is 0.360. The van der Waals surface area contributed by atoms with Crippen molar-refractivity contribution < 1.29 is 0 Å². The first-order valence-electron chi connectivity index (χ1n) is 14.5. The minimum Gasteiger partial charge on any atom is -0.302 e. The molecule has 202 valence electrons. The average molecular weight is 527 g/mol. The highest BCUT2D eigenvalue weighted by atomic mass is 15.2. The van der Waals surface area contributed by atoms with Crippen molar-refractivity contribution in [2.24, 2.45) is 22.0 Å². The highest BCUT2D eigenvalue weighted by Crippen LogP contribution is 2.37. The van der Waals surface area contributed by atoms with Gasteiger partial charge in [0.1, 0.15) is 0 Å². The average Bonchev–Trinajstić information content (AvgIpc) is 3.03. The van der Waals surface area contributed by atoms with Gasteiger partial charge in [-0.3, -0.25) is 0 Å². The van der Waals surface area contributed by atoms with E-state index in [1.165, 1.54) is 22.3 Å². The Kier molecular flexibility index (Phi) is 7.99. The zero-order valence-electron chi connectivity index (χ0n) is 23.3. The van der Waals surface area contributed by atoms with Crippen LogP contribution < -0.4 is 10.6 Å². The lowest BCUT2D eigenvalue weighted by Gasteiger charge is -2.38. The van der Waals surface area contributed by atoms with Gasteiger partial charge >= 0.3 is 0 Å². The van der Waals surface area contributed by atoms with Gasteiger partial charge in [0.25, 0.3) is 0 Å². The van der Waals surface area contributed by atoms with E-state index in [0.717, 1.165) is 24.3 Å². The van der Waals surface area contributed by atoms with Crippen molar-refractivity contribution in [1.82, 2.24) is 10.6 Å². The van der Waals surface area contributed by atoms with Crippen LogP contribution in [-0.2, 0) is 0 Å². The summed E-state index contributed by atoms with van der Waals surface area (Å²) in [5, 5.41) is 18.0. The highest BCUT2D eigenvalue weighted by Gasteiger charge is 2.35. The molecule has 2 N–H and O–H groups in total. The van der Waals surface area contributed by atoms with Crippen molar-refractivity contribution in [2.45, 2.75) is 50.9 Å². The molecule has 0 aromatic heterocycles. The third kappa shape index (κ3) is 5.70. The highest BCUT2D eigenvalue weighted by molar-refractivity contribution is 5.92. The third-order valence-electron chi connectivity index (χ3n) is 8.67. The lowest BCUT2D eigenvalue weighted by Crippen LogP contribution is -2.42. The molecule has 0 amide bonds. The maximum Gasteiger partial charge on any atom is 0.0471 e. The second kappa shape index (κ2) is 12.1. The van der Waals surface area contributed by atoms with E-state index in [-0.39, 0.29) is 36.0 Å². The maximum absolute atomic E-state index is 5.08. The molecule has 0 bridgehead atoms. The molecule has 2 aliphatic rings. The molecule has 2 aliphatic heterocycles. The SMILES string of the molecule is CC1/C(=N/N=C2\CC(c3ccccc3)NC(c3ccccc3)C2C)CC(c2ccccc2)NC1c1ccccc1. The van der Waals surface area contributed by atoms with Crippen LogP contribution in [0.2, 0.25) is 0 Å². The zero-order chi connectivity index (χ0) is 27.3. The summed E-state index contributed by atoms with van der Waals surface area (Å²) in [5.74, 6) is 0.470. The lowest BCUT2D eigenvalue weighted by atomic mass is 9.81. The number of hydrogen-bond donors (Lipinski definition) is 2. The fourth-order valence-electron chi connectivity index (χ4n) is 6.30. The summed E-state index contributed by atoms with van der Waals surface area (Å²) in [6.45, 7) is 4.58. The van der Waals surface area contributed by atoms with Crippen molar-refractivity contribution >= 4 is 11.4 Å². The topological polar surface area (TPSA) is 48.8 Å². The van der Waals surface area contributed by atoms with Gasteiger partial charge in [-0.15, -0.1) is 0 Å². The normalized spacial score (nSPS) is 28.9. The molecular weight excluding hydrogens is 488 g/mol. The molecule has 2 heterocycles. The van der Waals surface area contributed by atoms with Gasteiger partial charge in [0.2, 0.25) is 0 Å². The zero-order valence-corrected chi connectivity index (χ0v) is 23.3. The van der Waals surface area contributed by atoms with Crippen molar-refractivity contribution in [3.63, 3.8) is 0 Å². The van der Waals surface area contributed by atoms with Gasteiger partial charge in [-0.05, 0) is 22.3 Å². The van der Waals surface area contributed by atoms with E-state index in [1.54, 1.807) is 0 Å². The van der Waals surface area contributed by atoms with Crippen molar-refractivity contribution in [1.29, 1.82) is 0 Å². The van der Waals surface area contributed by atoms with E-state index in [9.17, 15) is 0 Å². The van der Waals surface area contributed by atoms with Gasteiger partial charge in [-0.1, -0.05) is 135 Å². The summed E-state index contributed by atoms with van der Waals surface area (Å²) in [7, 11) is 0. The molecule has 0 radical (unpaired) electrons. The smallest absolute Gasteiger partial charge is 0.0471 e. The molecule has 2 fully saturated rings. The summed E-state index contributed by atoms with van der Waals surface area (Å²) in [6.07, 6.45) is 1.70. The standard InChI is InChI=1S/C36H38N4/c1-25-31(23-33(27-15-7-3-8-16-27)37-35(25)29-19-11-5-12-20-29)39-40-32-24-34(28-17-9-4-10-18-28)38-36(26(32)2)30-21-13-6-14-22-30/h3-22,25-26,33-38H,23-24H2,1-2H3/b39-31+,40-32+. The Bertz CT molecular complexity index is 1320. The van der Waals surface area contributed by atoms with Crippen LogP contribution >= 0.6 is 0 Å². The van der Waals surface area contributed by atoms with Gasteiger partial charge in [0.05, 0.1) is 0 Å². The van der Waals surface area contributed by atoms with Gasteiger partial charge in [-0.25, -0.2) is 0 Å². The summed E-state index contributed by atoms with van der Waals surface area (Å²) in [5.41, 5.74) is 7.48. The Labute approximate surface area is 238 Å². The molecule has 4 heteroatoms. The number of nitrogens with zero attached hydrogens (tertiary/aromatic N) is 2. The molecule has 2 saturated heterocycles. The van der Waals surface area contributed by atoms with Crippen molar-refractivity contribution in [3.05, 3.63) is 144 Å². The number of rotatable bonds is 5. The second-order valence-corrected chi connectivity index (χ2v) is 11.2. The first-order valence-corrected chi connectivity index (χ1v) is 14.5. The first kappa shape index (κ1) is 26.4. The molecule has 6 rings (SSSR count). The minimum absolute atomic E-state index is 0.179. The van der Waals surface area contributed by atoms with Crippen molar-refractivity contribution in [3.8, 4) is 0 Å². The monoisotopic (exact) mass is 526 g/mol. The predicted molar refractivity (Wildman–Crippen MR) is 165 cm³/mol. The Balaban J connectivity index is 1.36. The van der Waals surface area contributed by atoms with E-state index in [2.05, 4.69) is 146 Å². The molecule has 4 aromatic rings. The van der Waals surface area contributed by atoms with Crippen LogP contribution in [0.4, 0.5) is 0 Å². The van der Waals surface area contributed by atoms with Crippen LogP contribution in [0.5, 0.6) is 0 Å². The van der Waals surface area contributed by atoms with Gasteiger partial charge in [0.15, 0.2) is 0 Å². The van der Waals surface area contributed by atoms with E-state index in [1.807, 2.05) is 0 Å². The molecule has 0 aliphatic carbocycles. The first-order chi connectivity index (χ1) is 19.7. The fourth-order valence-corrected chi connectivity index (χ4v) is 6.30. The van der Waals surface area contributed by atoms with E-state index in [4.69, 9.17) is 10.2 Å². The van der Waals surface area contributed by atoms with Gasteiger partial charge < -0.3 is 10.6 Å². The molecule has 4 aromatic carbocycles. The molecule has 0 spiro atoms. The van der Waals surface area contributed by atoms with E-state index in [0.29, 0.717) is 0 Å². The summed E-state index contributed by atoms with van der Waals surface area (Å²) in [6, 6.07) is 43.7. The second-order valence-electron chi connectivity index (χ2n) is 11.2. The Hall–Kier alpha value is -3.86.